The molecule has 0 unspecified atom stereocenters. The Hall–Kier alpha value is -2.57. The van der Waals surface area contributed by atoms with Crippen molar-refractivity contribution in [3.05, 3.63) is 77.3 Å². The van der Waals surface area contributed by atoms with Crippen molar-refractivity contribution in [2.24, 2.45) is 5.73 Å². The summed E-state index contributed by atoms with van der Waals surface area (Å²) in [5.41, 5.74) is 11.1. The summed E-state index contributed by atoms with van der Waals surface area (Å²) in [5.74, 6) is 1.27. The Bertz CT molecular complexity index is 1020. The first kappa shape index (κ1) is 16.9. The van der Waals surface area contributed by atoms with Crippen molar-refractivity contribution >= 4 is 22.7 Å². The second-order valence-electron chi connectivity index (χ2n) is 6.29. The van der Waals surface area contributed by atoms with Gasteiger partial charge >= 0.3 is 0 Å². The van der Waals surface area contributed by atoms with Crippen LogP contribution < -0.4 is 5.73 Å². The molecule has 0 aliphatic heterocycles. The number of nitrogens with two attached hydrogens (primary N) is 1. The minimum Gasteiger partial charge on any atom is -0.414 e. The maximum atomic E-state index is 6.30. The largest absolute Gasteiger partial charge is 0.414 e. The standard InChI is InChI=1S/C20H20N4OS/c1-13-6-2-3-7-14(13)12-26-20-24-23-19(25-20)17(21)10-15-11-22-18-9-5-4-8-16(15)18/h2-9,11,17,22H,10,12,21H2,1H3/t17-/m1/s1. The van der Waals surface area contributed by atoms with Crippen molar-refractivity contribution in [1.29, 1.82) is 0 Å². The molecule has 0 fully saturated rings. The number of nitrogens with zero attached hydrogens (tertiary/aromatic N) is 2. The van der Waals surface area contributed by atoms with E-state index < -0.39 is 0 Å². The topological polar surface area (TPSA) is 80.7 Å². The number of nitrogens with one attached hydrogen (secondary N) is 1. The molecule has 0 saturated carbocycles. The van der Waals surface area contributed by atoms with E-state index in [9.17, 15) is 0 Å². The molecule has 2 aromatic carbocycles. The third kappa shape index (κ3) is 3.52. The number of para-hydroxylation sites is 1. The number of aryl methyl sites for hydroxylation is 1. The van der Waals surface area contributed by atoms with Gasteiger partial charge in [0.25, 0.3) is 5.22 Å². The zero-order chi connectivity index (χ0) is 17.9. The van der Waals surface area contributed by atoms with Gasteiger partial charge in [0.1, 0.15) is 0 Å². The molecule has 2 heterocycles. The highest BCUT2D eigenvalue weighted by Crippen LogP contribution is 2.26. The molecule has 0 aliphatic carbocycles. The number of fused-ring (bicyclic) bond motifs is 1. The smallest absolute Gasteiger partial charge is 0.276 e. The Morgan fingerprint density at radius 1 is 1.08 bits per heavy atom. The molecule has 0 bridgehead atoms. The van der Waals surface area contributed by atoms with E-state index in [0.29, 0.717) is 17.5 Å². The number of aromatic nitrogens is 3. The van der Waals surface area contributed by atoms with E-state index in [1.807, 2.05) is 30.5 Å². The highest BCUT2D eigenvalue weighted by atomic mass is 32.2. The van der Waals surface area contributed by atoms with Gasteiger partial charge in [0, 0.05) is 22.9 Å². The molecule has 4 rings (SSSR count). The van der Waals surface area contributed by atoms with Crippen molar-refractivity contribution in [3.63, 3.8) is 0 Å². The zero-order valence-electron chi connectivity index (χ0n) is 14.5. The molecule has 5 nitrogen and oxygen atoms in total. The summed E-state index contributed by atoms with van der Waals surface area (Å²) >= 11 is 1.53. The first-order valence-electron chi connectivity index (χ1n) is 8.52. The van der Waals surface area contributed by atoms with Gasteiger partial charge in [-0.3, -0.25) is 0 Å². The van der Waals surface area contributed by atoms with E-state index in [0.717, 1.165) is 16.8 Å². The Morgan fingerprint density at radius 2 is 1.88 bits per heavy atom. The van der Waals surface area contributed by atoms with Crippen molar-refractivity contribution in [1.82, 2.24) is 15.2 Å². The van der Waals surface area contributed by atoms with Crippen molar-refractivity contribution in [2.75, 3.05) is 0 Å². The van der Waals surface area contributed by atoms with Gasteiger partial charge in [0.15, 0.2) is 0 Å². The molecule has 0 saturated heterocycles. The van der Waals surface area contributed by atoms with Crippen LogP contribution in [0.2, 0.25) is 0 Å². The van der Waals surface area contributed by atoms with Crippen LogP contribution in [-0.2, 0) is 12.2 Å². The minimum atomic E-state index is -0.325. The van der Waals surface area contributed by atoms with Crippen molar-refractivity contribution in [2.45, 2.75) is 30.4 Å². The van der Waals surface area contributed by atoms with Crippen molar-refractivity contribution in [3.8, 4) is 0 Å². The van der Waals surface area contributed by atoms with Gasteiger partial charge in [-0.15, -0.1) is 10.2 Å². The molecule has 4 aromatic rings. The van der Waals surface area contributed by atoms with Gasteiger partial charge in [0.05, 0.1) is 6.04 Å². The van der Waals surface area contributed by atoms with Crippen LogP contribution in [0.25, 0.3) is 10.9 Å². The van der Waals surface area contributed by atoms with Crippen LogP contribution in [0.4, 0.5) is 0 Å². The van der Waals surface area contributed by atoms with Crippen LogP contribution in [-0.4, -0.2) is 15.2 Å². The lowest BCUT2D eigenvalue weighted by Gasteiger charge is -2.06. The lowest BCUT2D eigenvalue weighted by molar-refractivity contribution is 0.385. The number of thioether (sulfide) groups is 1. The first-order chi connectivity index (χ1) is 12.7. The van der Waals surface area contributed by atoms with E-state index >= 15 is 0 Å². The van der Waals surface area contributed by atoms with Gasteiger partial charge in [-0.1, -0.05) is 54.2 Å². The molecule has 0 amide bonds. The number of hydrogen-bond acceptors (Lipinski definition) is 5. The van der Waals surface area contributed by atoms with Crippen LogP contribution in [0, 0.1) is 6.92 Å². The summed E-state index contributed by atoms with van der Waals surface area (Å²) in [6.07, 6.45) is 2.64. The van der Waals surface area contributed by atoms with Crippen molar-refractivity contribution < 1.29 is 4.42 Å². The lowest BCUT2D eigenvalue weighted by Crippen LogP contribution is -2.13. The van der Waals surface area contributed by atoms with Crippen LogP contribution in [0.1, 0.15) is 28.6 Å². The summed E-state index contributed by atoms with van der Waals surface area (Å²) in [5, 5.41) is 10.0. The zero-order valence-corrected chi connectivity index (χ0v) is 15.3. The van der Waals surface area contributed by atoms with Crippen LogP contribution in [0.15, 0.2) is 64.4 Å². The monoisotopic (exact) mass is 364 g/mol. The first-order valence-corrected chi connectivity index (χ1v) is 9.50. The van der Waals surface area contributed by atoms with E-state index in [1.54, 1.807) is 0 Å². The van der Waals surface area contributed by atoms with Gasteiger partial charge in [-0.05, 0) is 36.1 Å². The number of hydrogen-bond donors (Lipinski definition) is 2. The number of rotatable bonds is 6. The normalized spacial score (nSPS) is 12.5. The van der Waals surface area contributed by atoms with Crippen LogP contribution in [0.3, 0.4) is 0 Å². The molecular weight excluding hydrogens is 344 g/mol. The molecular formula is C20H20N4OS. The van der Waals surface area contributed by atoms with Crippen LogP contribution >= 0.6 is 11.8 Å². The number of H-pyrrole nitrogens is 1. The molecule has 2 aromatic heterocycles. The maximum Gasteiger partial charge on any atom is 0.276 e. The number of benzene rings is 2. The van der Waals surface area contributed by atoms with Gasteiger partial charge in [-0.2, -0.15) is 0 Å². The number of aromatic amines is 1. The second-order valence-corrected chi connectivity index (χ2v) is 7.22. The molecule has 26 heavy (non-hydrogen) atoms. The minimum absolute atomic E-state index is 0.325. The summed E-state index contributed by atoms with van der Waals surface area (Å²) in [6, 6.07) is 16.2. The fourth-order valence-electron chi connectivity index (χ4n) is 2.96. The molecule has 0 radical (unpaired) electrons. The highest BCUT2D eigenvalue weighted by Gasteiger charge is 2.17. The SMILES string of the molecule is Cc1ccccc1CSc1nnc([C@H](N)Cc2c[nH]c3ccccc23)o1. The van der Waals surface area contributed by atoms with Gasteiger partial charge < -0.3 is 15.1 Å². The lowest BCUT2D eigenvalue weighted by atomic mass is 10.1. The van der Waals surface area contributed by atoms with E-state index in [1.165, 1.54) is 28.3 Å². The second kappa shape index (κ2) is 7.35. The highest BCUT2D eigenvalue weighted by molar-refractivity contribution is 7.98. The third-order valence-corrected chi connectivity index (χ3v) is 5.33. The fourth-order valence-corrected chi connectivity index (χ4v) is 3.81. The third-order valence-electron chi connectivity index (χ3n) is 4.47. The predicted octanol–water partition coefficient (Wildman–Crippen LogP) is 4.39. The van der Waals surface area contributed by atoms with Crippen LogP contribution in [0.5, 0.6) is 0 Å². The van der Waals surface area contributed by atoms with E-state index in [-0.39, 0.29) is 6.04 Å². The summed E-state index contributed by atoms with van der Waals surface area (Å²) in [6.45, 7) is 2.10. The summed E-state index contributed by atoms with van der Waals surface area (Å²) in [4.78, 5) is 3.27. The molecule has 3 N–H and O–H groups in total. The molecule has 0 aliphatic rings. The van der Waals surface area contributed by atoms with E-state index in [2.05, 4.69) is 46.4 Å². The summed E-state index contributed by atoms with van der Waals surface area (Å²) in [7, 11) is 0. The Morgan fingerprint density at radius 3 is 2.77 bits per heavy atom. The van der Waals surface area contributed by atoms with E-state index in [4.69, 9.17) is 10.2 Å². The average Bonchev–Trinajstić information content (AvgIpc) is 3.29. The summed E-state index contributed by atoms with van der Waals surface area (Å²) < 4.78 is 5.77. The Kier molecular flexibility index (Phi) is 4.77. The Labute approximate surface area is 156 Å². The maximum absolute atomic E-state index is 6.30. The average molecular weight is 364 g/mol. The molecule has 1 atom stereocenters. The Balaban J connectivity index is 1.43. The fraction of sp³-hybridized carbons (Fsp3) is 0.200. The van der Waals surface area contributed by atoms with Gasteiger partial charge in [0.2, 0.25) is 5.89 Å². The molecule has 6 heteroatoms. The quantitative estimate of drug-likeness (QED) is 0.496. The van der Waals surface area contributed by atoms with Gasteiger partial charge in [-0.25, -0.2) is 0 Å². The molecule has 132 valence electrons. The predicted molar refractivity (Wildman–Crippen MR) is 104 cm³/mol. The molecule has 0 spiro atoms.